The summed E-state index contributed by atoms with van der Waals surface area (Å²) in [6.45, 7) is 1.81. The Hall–Kier alpha value is -3.34. The summed E-state index contributed by atoms with van der Waals surface area (Å²) in [6.07, 6.45) is 8.45. The Morgan fingerprint density at radius 2 is 1.84 bits per heavy atom. The van der Waals surface area contributed by atoms with Gasteiger partial charge in [0.2, 0.25) is 11.8 Å². The SMILES string of the molecule is C#CCCC(NC(=O)C1CCCN1C(=O)C(NC(N)=O)C1Cc2ccccc2C1)C(C)=O. The number of primary amides is 1. The number of amides is 4. The molecule has 0 radical (unpaired) electrons. The van der Waals surface area contributed by atoms with Crippen molar-refractivity contribution in [3.63, 3.8) is 0 Å². The molecule has 4 N–H and O–H groups in total. The van der Waals surface area contributed by atoms with Crippen LogP contribution in [0.2, 0.25) is 0 Å². The van der Waals surface area contributed by atoms with Crippen LogP contribution in [-0.4, -0.2) is 53.2 Å². The Morgan fingerprint density at radius 3 is 2.41 bits per heavy atom. The molecule has 8 heteroatoms. The lowest BCUT2D eigenvalue weighted by molar-refractivity contribution is -0.141. The van der Waals surface area contributed by atoms with E-state index in [0.717, 1.165) is 11.1 Å². The maximum absolute atomic E-state index is 13.5. The molecule has 3 atom stereocenters. The number of nitrogens with zero attached hydrogens (tertiary/aromatic N) is 1. The highest BCUT2D eigenvalue weighted by molar-refractivity contribution is 5.94. The molecule has 1 aliphatic heterocycles. The first-order valence-corrected chi connectivity index (χ1v) is 11.0. The molecule has 3 rings (SSSR count). The van der Waals surface area contributed by atoms with Crippen molar-refractivity contribution in [3.05, 3.63) is 35.4 Å². The average Bonchev–Trinajstić information content (AvgIpc) is 3.41. The van der Waals surface area contributed by atoms with Crippen molar-refractivity contribution in [2.75, 3.05) is 6.54 Å². The third-order valence-electron chi connectivity index (χ3n) is 6.34. The van der Waals surface area contributed by atoms with E-state index in [1.165, 1.54) is 11.8 Å². The van der Waals surface area contributed by atoms with Gasteiger partial charge in [-0.05, 0) is 56.1 Å². The third-order valence-corrected chi connectivity index (χ3v) is 6.34. The van der Waals surface area contributed by atoms with E-state index in [9.17, 15) is 19.2 Å². The lowest BCUT2D eigenvalue weighted by Gasteiger charge is -2.31. The Morgan fingerprint density at radius 1 is 1.19 bits per heavy atom. The molecular weight excluding hydrogens is 408 g/mol. The van der Waals surface area contributed by atoms with Gasteiger partial charge < -0.3 is 21.3 Å². The number of urea groups is 1. The number of ketones is 1. The minimum atomic E-state index is -0.821. The van der Waals surface area contributed by atoms with Gasteiger partial charge in [-0.25, -0.2) is 4.79 Å². The quantitative estimate of drug-likeness (QED) is 0.523. The lowest BCUT2D eigenvalue weighted by atomic mass is 9.95. The van der Waals surface area contributed by atoms with Crippen LogP contribution in [0.1, 0.15) is 43.7 Å². The number of terminal acetylenes is 1. The highest BCUT2D eigenvalue weighted by Gasteiger charge is 2.42. The number of fused-ring (bicyclic) bond motifs is 1. The Kier molecular flexibility index (Phi) is 7.52. The van der Waals surface area contributed by atoms with E-state index in [2.05, 4.69) is 16.6 Å². The molecule has 1 fully saturated rings. The molecule has 0 aromatic heterocycles. The monoisotopic (exact) mass is 438 g/mol. The van der Waals surface area contributed by atoms with E-state index < -0.39 is 24.2 Å². The van der Waals surface area contributed by atoms with E-state index >= 15 is 0 Å². The maximum Gasteiger partial charge on any atom is 0.312 e. The highest BCUT2D eigenvalue weighted by Crippen LogP contribution is 2.30. The van der Waals surface area contributed by atoms with Gasteiger partial charge in [0.05, 0.1) is 6.04 Å². The van der Waals surface area contributed by atoms with Crippen LogP contribution in [0, 0.1) is 18.3 Å². The highest BCUT2D eigenvalue weighted by atomic mass is 16.2. The van der Waals surface area contributed by atoms with Crippen molar-refractivity contribution in [1.82, 2.24) is 15.5 Å². The Bertz CT molecular complexity index is 913. The molecule has 0 bridgehead atoms. The topological polar surface area (TPSA) is 122 Å². The van der Waals surface area contributed by atoms with Crippen LogP contribution in [0.3, 0.4) is 0 Å². The molecule has 0 saturated carbocycles. The summed E-state index contributed by atoms with van der Waals surface area (Å²) in [5, 5.41) is 5.37. The molecule has 4 amide bonds. The van der Waals surface area contributed by atoms with E-state index in [4.69, 9.17) is 12.2 Å². The number of hydrogen-bond acceptors (Lipinski definition) is 4. The molecular formula is C24H30N4O4. The van der Waals surface area contributed by atoms with Gasteiger partial charge in [-0.1, -0.05) is 24.3 Å². The van der Waals surface area contributed by atoms with Gasteiger partial charge in [-0.2, -0.15) is 0 Å². The van der Waals surface area contributed by atoms with Gasteiger partial charge in [0.1, 0.15) is 12.1 Å². The van der Waals surface area contributed by atoms with Crippen molar-refractivity contribution >= 4 is 23.6 Å². The molecule has 8 nitrogen and oxygen atoms in total. The van der Waals surface area contributed by atoms with E-state index in [0.29, 0.717) is 45.1 Å². The number of carbonyl (C=O) groups is 4. The van der Waals surface area contributed by atoms with Crippen molar-refractivity contribution in [1.29, 1.82) is 0 Å². The van der Waals surface area contributed by atoms with E-state index in [-0.39, 0.29) is 23.5 Å². The van der Waals surface area contributed by atoms with Crippen LogP contribution in [0.15, 0.2) is 24.3 Å². The molecule has 32 heavy (non-hydrogen) atoms. The minimum Gasteiger partial charge on any atom is -0.352 e. The zero-order valence-corrected chi connectivity index (χ0v) is 18.3. The van der Waals surface area contributed by atoms with Crippen molar-refractivity contribution in [2.24, 2.45) is 11.7 Å². The van der Waals surface area contributed by atoms with Crippen molar-refractivity contribution < 1.29 is 19.2 Å². The zero-order chi connectivity index (χ0) is 23.3. The van der Waals surface area contributed by atoms with Crippen molar-refractivity contribution in [3.8, 4) is 12.3 Å². The van der Waals surface area contributed by atoms with Crippen LogP contribution in [0.4, 0.5) is 4.79 Å². The molecule has 1 aromatic rings. The number of carbonyl (C=O) groups excluding carboxylic acids is 4. The molecule has 1 aliphatic carbocycles. The van der Waals surface area contributed by atoms with Crippen LogP contribution in [0.25, 0.3) is 0 Å². The average molecular weight is 439 g/mol. The number of rotatable bonds is 8. The molecule has 3 unspecified atom stereocenters. The maximum atomic E-state index is 13.5. The molecule has 1 heterocycles. The first kappa shape index (κ1) is 23.3. The summed E-state index contributed by atoms with van der Waals surface area (Å²) >= 11 is 0. The largest absolute Gasteiger partial charge is 0.352 e. The second-order valence-electron chi connectivity index (χ2n) is 8.53. The van der Waals surface area contributed by atoms with Crippen LogP contribution >= 0.6 is 0 Å². The van der Waals surface area contributed by atoms with Gasteiger partial charge in [-0.3, -0.25) is 14.4 Å². The van der Waals surface area contributed by atoms with Gasteiger partial charge in [0.25, 0.3) is 0 Å². The summed E-state index contributed by atoms with van der Waals surface area (Å²) < 4.78 is 0. The number of Topliss-reactive ketones (excluding diaryl/α,β-unsaturated/α-hetero) is 1. The second kappa shape index (κ2) is 10.3. The summed E-state index contributed by atoms with van der Waals surface area (Å²) in [4.78, 5) is 51.6. The zero-order valence-electron chi connectivity index (χ0n) is 18.3. The smallest absolute Gasteiger partial charge is 0.312 e. The number of benzene rings is 1. The summed E-state index contributed by atoms with van der Waals surface area (Å²) in [7, 11) is 0. The number of likely N-dealkylation sites (tertiary alicyclic amines) is 1. The van der Waals surface area contributed by atoms with Gasteiger partial charge in [-0.15, -0.1) is 12.3 Å². The van der Waals surface area contributed by atoms with Crippen molar-refractivity contribution in [2.45, 2.75) is 63.6 Å². The predicted molar refractivity (Wildman–Crippen MR) is 119 cm³/mol. The Labute approximate surface area is 188 Å². The predicted octanol–water partition coefficient (Wildman–Crippen LogP) is 0.917. The Balaban J connectivity index is 1.74. The van der Waals surface area contributed by atoms with Gasteiger partial charge in [0.15, 0.2) is 5.78 Å². The van der Waals surface area contributed by atoms with Crippen LogP contribution < -0.4 is 16.4 Å². The molecule has 1 aromatic carbocycles. The normalized spacial score (nSPS) is 19.5. The van der Waals surface area contributed by atoms with E-state index in [1.807, 2.05) is 24.3 Å². The number of nitrogens with two attached hydrogens (primary N) is 1. The fraction of sp³-hybridized carbons (Fsp3) is 0.500. The third kappa shape index (κ3) is 5.28. The second-order valence-corrected chi connectivity index (χ2v) is 8.53. The number of nitrogens with one attached hydrogen (secondary N) is 2. The minimum absolute atomic E-state index is 0.141. The lowest BCUT2D eigenvalue weighted by Crippen LogP contribution is -2.57. The fourth-order valence-corrected chi connectivity index (χ4v) is 4.72. The molecule has 0 spiro atoms. The molecule has 2 aliphatic rings. The number of hydrogen-bond donors (Lipinski definition) is 3. The van der Waals surface area contributed by atoms with E-state index in [1.54, 1.807) is 0 Å². The summed E-state index contributed by atoms with van der Waals surface area (Å²) in [5.41, 5.74) is 7.69. The molecule has 170 valence electrons. The fourth-order valence-electron chi connectivity index (χ4n) is 4.72. The standard InChI is InChI=1S/C24H30N4O4/c1-3-4-10-19(15(2)29)26-22(30)20-11-7-12-28(20)23(31)21(27-24(25)32)18-13-16-8-5-6-9-17(16)14-18/h1,5-6,8-9,18-21H,4,7,10-14H2,2H3,(H,26,30)(H3,25,27,32). The summed E-state index contributed by atoms with van der Waals surface area (Å²) in [5.74, 6) is 1.46. The van der Waals surface area contributed by atoms with Crippen LogP contribution in [-0.2, 0) is 27.2 Å². The summed E-state index contributed by atoms with van der Waals surface area (Å²) in [6, 6.07) is 4.97. The van der Waals surface area contributed by atoms with Crippen LogP contribution in [0.5, 0.6) is 0 Å². The van der Waals surface area contributed by atoms with Gasteiger partial charge >= 0.3 is 6.03 Å². The van der Waals surface area contributed by atoms with Gasteiger partial charge in [0, 0.05) is 13.0 Å². The first-order chi connectivity index (χ1) is 15.3. The molecule has 1 saturated heterocycles. The first-order valence-electron chi connectivity index (χ1n) is 11.0.